The lowest BCUT2D eigenvalue weighted by atomic mass is 10.0. The molecule has 1 heteroatoms. The summed E-state index contributed by atoms with van der Waals surface area (Å²) in [6.45, 7) is 11.3. The van der Waals surface area contributed by atoms with E-state index in [9.17, 15) is 0 Å². The highest BCUT2D eigenvalue weighted by atomic mass is 15.1. The second-order valence-corrected chi connectivity index (χ2v) is 13.6. The van der Waals surface area contributed by atoms with Crippen molar-refractivity contribution in [2.24, 2.45) is 0 Å². The lowest BCUT2D eigenvalue weighted by Gasteiger charge is -2.20. The van der Waals surface area contributed by atoms with Gasteiger partial charge in [0.05, 0.1) is 19.6 Å². The van der Waals surface area contributed by atoms with Gasteiger partial charge in [-0.25, -0.2) is 0 Å². The van der Waals surface area contributed by atoms with Gasteiger partial charge in [-0.3, -0.25) is 0 Å². The quantitative estimate of drug-likeness (QED) is 0.0722. The molecule has 0 aliphatic carbocycles. The average Bonchev–Trinajstić information content (AvgIpc) is 2.97. The van der Waals surface area contributed by atoms with Gasteiger partial charge in [0.25, 0.3) is 0 Å². The van der Waals surface area contributed by atoms with E-state index in [1.54, 1.807) is 0 Å². The van der Waals surface area contributed by atoms with E-state index in [4.69, 9.17) is 0 Å². The largest absolute Gasteiger partial charge is 0.335 e. The highest BCUT2D eigenvalue weighted by molar-refractivity contribution is 4.51. The van der Waals surface area contributed by atoms with Crippen LogP contribution in [0.15, 0.2) is 0 Å². The van der Waals surface area contributed by atoms with Crippen molar-refractivity contribution < 1.29 is 4.90 Å². The molecule has 0 heterocycles. The summed E-state index contributed by atoms with van der Waals surface area (Å²) in [5.41, 5.74) is 0. The van der Waals surface area contributed by atoms with E-state index in [0.29, 0.717) is 0 Å². The number of hydrogen-bond acceptors (Lipinski definition) is 0. The van der Waals surface area contributed by atoms with Gasteiger partial charge in [0.15, 0.2) is 0 Å². The fourth-order valence-electron chi connectivity index (χ4n) is 6.49. The summed E-state index contributed by atoms with van der Waals surface area (Å²) in [5.74, 6) is 0. The molecule has 0 atom stereocenters. The molecule has 40 heavy (non-hydrogen) atoms. The van der Waals surface area contributed by atoms with Crippen LogP contribution >= 0.6 is 0 Å². The van der Waals surface area contributed by atoms with Crippen molar-refractivity contribution in [1.29, 1.82) is 0 Å². The minimum atomic E-state index is 1.37. The van der Waals surface area contributed by atoms with Gasteiger partial charge in [-0.05, 0) is 38.5 Å². The number of hydrogen-bond donors (Lipinski definition) is 1. The molecule has 0 fully saturated rings. The molecule has 242 valence electrons. The second kappa shape index (κ2) is 37.0. The zero-order valence-corrected chi connectivity index (χ0v) is 29.0. The fourth-order valence-corrected chi connectivity index (χ4v) is 6.49. The number of quaternary nitrogens is 1. The maximum absolute atomic E-state index is 2.32. The molecule has 0 spiro atoms. The molecule has 1 N–H and O–H groups in total. The standard InChI is InChI=1S/C39H81N/c1-4-7-10-13-16-19-22-25-28-31-34-37-40(38-35-32-29-26-23-20-17-14-11-8-5-2)39-36-33-30-27-24-21-18-15-12-9-6-3/h4-39H2,1-3H3/p+1. The zero-order valence-electron chi connectivity index (χ0n) is 29.0. The predicted molar refractivity (Wildman–Crippen MR) is 185 cm³/mol. The van der Waals surface area contributed by atoms with Crippen molar-refractivity contribution in [3.05, 3.63) is 0 Å². The first kappa shape index (κ1) is 40.0. The highest BCUT2D eigenvalue weighted by Crippen LogP contribution is 2.13. The van der Waals surface area contributed by atoms with E-state index in [1.807, 2.05) is 4.90 Å². The van der Waals surface area contributed by atoms with Crippen LogP contribution in [0.1, 0.15) is 233 Å². The first-order chi connectivity index (χ1) is 19.8. The van der Waals surface area contributed by atoms with Crippen LogP contribution in [0, 0.1) is 0 Å². The minimum Gasteiger partial charge on any atom is -0.335 e. The van der Waals surface area contributed by atoms with Crippen LogP contribution in [0.2, 0.25) is 0 Å². The number of unbranched alkanes of at least 4 members (excludes halogenated alkanes) is 30. The summed E-state index contributed by atoms with van der Waals surface area (Å²) < 4.78 is 0. The van der Waals surface area contributed by atoms with Crippen LogP contribution in [0.4, 0.5) is 0 Å². The summed E-state index contributed by atoms with van der Waals surface area (Å²) >= 11 is 0. The smallest absolute Gasteiger partial charge is 0.0770 e. The van der Waals surface area contributed by atoms with E-state index >= 15 is 0 Å². The van der Waals surface area contributed by atoms with E-state index < -0.39 is 0 Å². The van der Waals surface area contributed by atoms with Gasteiger partial charge in [0.1, 0.15) is 0 Å². The predicted octanol–water partition coefficient (Wildman–Crippen LogP) is 12.8. The Morgan fingerprint density at radius 3 is 0.525 bits per heavy atom. The third-order valence-corrected chi connectivity index (χ3v) is 9.40. The van der Waals surface area contributed by atoms with Crippen molar-refractivity contribution in [3.63, 3.8) is 0 Å². The molecule has 0 radical (unpaired) electrons. The molecule has 0 amide bonds. The Morgan fingerprint density at radius 2 is 0.350 bits per heavy atom. The molecule has 0 aliphatic heterocycles. The van der Waals surface area contributed by atoms with E-state index in [0.717, 1.165) is 0 Å². The first-order valence-corrected chi connectivity index (χ1v) is 19.7. The van der Waals surface area contributed by atoms with Gasteiger partial charge in [-0.2, -0.15) is 0 Å². The minimum absolute atomic E-state index is 1.37. The van der Waals surface area contributed by atoms with Crippen molar-refractivity contribution >= 4 is 0 Å². The third kappa shape index (κ3) is 34.2. The highest BCUT2D eigenvalue weighted by Gasteiger charge is 2.08. The Morgan fingerprint density at radius 1 is 0.200 bits per heavy atom. The monoisotopic (exact) mass is 565 g/mol. The van der Waals surface area contributed by atoms with Crippen molar-refractivity contribution in [2.75, 3.05) is 19.6 Å². The average molecular weight is 565 g/mol. The molecule has 0 aromatic rings. The van der Waals surface area contributed by atoms with E-state index in [1.165, 1.54) is 232 Å². The summed E-state index contributed by atoms with van der Waals surface area (Å²) in [4.78, 5) is 1.95. The molecule has 0 bridgehead atoms. The van der Waals surface area contributed by atoms with Gasteiger partial charge < -0.3 is 4.90 Å². The summed E-state index contributed by atoms with van der Waals surface area (Å²) in [6.07, 6.45) is 48.4. The van der Waals surface area contributed by atoms with Crippen molar-refractivity contribution in [3.8, 4) is 0 Å². The van der Waals surface area contributed by atoms with Crippen LogP contribution in [0.3, 0.4) is 0 Å². The van der Waals surface area contributed by atoms with Gasteiger partial charge in [-0.1, -0.05) is 194 Å². The van der Waals surface area contributed by atoms with Gasteiger partial charge in [0.2, 0.25) is 0 Å². The lowest BCUT2D eigenvalue weighted by molar-refractivity contribution is -0.900. The van der Waals surface area contributed by atoms with Gasteiger partial charge in [0, 0.05) is 0 Å². The summed E-state index contributed by atoms with van der Waals surface area (Å²) in [5, 5.41) is 0. The van der Waals surface area contributed by atoms with Crippen molar-refractivity contribution in [2.45, 2.75) is 233 Å². The molecule has 0 unspecified atom stereocenters. The van der Waals surface area contributed by atoms with Crippen LogP contribution in [0.5, 0.6) is 0 Å². The Kier molecular flexibility index (Phi) is 36.9. The molecular weight excluding hydrogens is 482 g/mol. The van der Waals surface area contributed by atoms with Gasteiger partial charge >= 0.3 is 0 Å². The SMILES string of the molecule is CCCCCCCCCCCCC[NH+](CCCCCCCCCCCCC)CCCCCCCCCCCCC. The Labute approximate surface area is 256 Å². The normalized spacial score (nSPS) is 11.7. The lowest BCUT2D eigenvalue weighted by Crippen LogP contribution is -3.12. The molecule has 0 rings (SSSR count). The van der Waals surface area contributed by atoms with Gasteiger partial charge in [-0.15, -0.1) is 0 Å². The third-order valence-electron chi connectivity index (χ3n) is 9.40. The fraction of sp³-hybridized carbons (Fsp3) is 1.00. The molecule has 1 nitrogen and oxygen atoms in total. The van der Waals surface area contributed by atoms with Crippen LogP contribution < -0.4 is 4.90 Å². The van der Waals surface area contributed by atoms with Crippen LogP contribution in [-0.4, -0.2) is 19.6 Å². The maximum Gasteiger partial charge on any atom is 0.0770 e. The Bertz CT molecular complexity index is 357. The molecule has 0 saturated heterocycles. The molecule has 0 aromatic heterocycles. The second-order valence-electron chi connectivity index (χ2n) is 13.6. The Balaban J connectivity index is 3.89. The Hall–Kier alpha value is -0.0400. The maximum atomic E-state index is 2.32. The molecule has 0 aromatic carbocycles. The molecular formula is C39H82N+. The van der Waals surface area contributed by atoms with Crippen molar-refractivity contribution in [1.82, 2.24) is 0 Å². The number of nitrogens with one attached hydrogen (secondary N) is 1. The summed E-state index contributed by atoms with van der Waals surface area (Å²) in [6, 6.07) is 0. The molecule has 0 aliphatic rings. The zero-order chi connectivity index (χ0) is 29.0. The van der Waals surface area contributed by atoms with E-state index in [-0.39, 0.29) is 0 Å². The first-order valence-electron chi connectivity index (χ1n) is 19.7. The summed E-state index contributed by atoms with van der Waals surface area (Å²) in [7, 11) is 0. The van der Waals surface area contributed by atoms with E-state index in [2.05, 4.69) is 20.8 Å². The van der Waals surface area contributed by atoms with Crippen LogP contribution in [-0.2, 0) is 0 Å². The molecule has 0 saturated carbocycles. The topological polar surface area (TPSA) is 4.44 Å². The van der Waals surface area contributed by atoms with Crippen LogP contribution in [0.25, 0.3) is 0 Å². The number of rotatable bonds is 36.